The molecule has 25 heavy (non-hydrogen) atoms. The van der Waals surface area contributed by atoms with Gasteiger partial charge in [0.1, 0.15) is 6.61 Å². The molecule has 1 atom stereocenters. The normalized spacial score (nSPS) is 18.9. The summed E-state index contributed by atoms with van der Waals surface area (Å²) in [6.45, 7) is 13.9. The Morgan fingerprint density at radius 2 is 1.92 bits per heavy atom. The van der Waals surface area contributed by atoms with Crippen molar-refractivity contribution in [1.82, 2.24) is 4.90 Å². The number of carbonyl (C=O) groups excluding carboxylic acids is 1. The summed E-state index contributed by atoms with van der Waals surface area (Å²) >= 11 is 0. The average molecular weight is 364 g/mol. The molecule has 1 fully saturated rings. The van der Waals surface area contributed by atoms with Gasteiger partial charge in [-0.05, 0) is 42.5 Å². The summed E-state index contributed by atoms with van der Waals surface area (Å²) in [6, 6.07) is 9.82. The number of rotatable bonds is 5. The second-order valence-corrected chi connectivity index (χ2v) is 13.4. The summed E-state index contributed by atoms with van der Waals surface area (Å²) in [5.74, 6) is 0.409. The number of nitrogens with zero attached hydrogens (tertiary/aromatic N) is 1. The molecule has 1 unspecified atom stereocenters. The second kappa shape index (κ2) is 8.36. The van der Waals surface area contributed by atoms with Crippen LogP contribution < -0.4 is 0 Å². The summed E-state index contributed by atoms with van der Waals surface area (Å²) in [4.78, 5) is 14.2. The zero-order valence-electron chi connectivity index (χ0n) is 16.4. The topological polar surface area (TPSA) is 38.8 Å². The van der Waals surface area contributed by atoms with E-state index in [9.17, 15) is 4.79 Å². The fourth-order valence-corrected chi connectivity index (χ4v) is 3.81. The van der Waals surface area contributed by atoms with Crippen LogP contribution in [0.3, 0.4) is 0 Å². The van der Waals surface area contributed by atoms with Crippen LogP contribution >= 0.6 is 0 Å². The van der Waals surface area contributed by atoms with Crippen LogP contribution in [0.25, 0.3) is 0 Å². The minimum Gasteiger partial charge on any atom is -0.445 e. The maximum Gasteiger partial charge on any atom is 0.410 e. The molecule has 0 N–H and O–H groups in total. The van der Waals surface area contributed by atoms with E-state index in [-0.39, 0.29) is 11.1 Å². The van der Waals surface area contributed by atoms with Crippen LogP contribution in [0.2, 0.25) is 18.1 Å². The van der Waals surface area contributed by atoms with Gasteiger partial charge in [-0.25, -0.2) is 4.79 Å². The van der Waals surface area contributed by atoms with Gasteiger partial charge in [0, 0.05) is 19.7 Å². The lowest BCUT2D eigenvalue weighted by molar-refractivity contribution is 0.0697. The van der Waals surface area contributed by atoms with Crippen molar-refractivity contribution in [2.45, 2.75) is 58.4 Å². The standard InChI is InChI=1S/C20H33NO3Si/c1-20(2,3)25(4,5)24-16-18-12-9-13-21(14-18)19(22)23-15-17-10-7-6-8-11-17/h6-8,10-11,18H,9,12-16H2,1-5H3. The van der Waals surface area contributed by atoms with Crippen molar-refractivity contribution in [3.05, 3.63) is 35.9 Å². The zero-order valence-corrected chi connectivity index (χ0v) is 17.4. The third-order valence-corrected chi connectivity index (χ3v) is 9.97. The monoisotopic (exact) mass is 363 g/mol. The molecule has 0 aromatic heterocycles. The molecule has 1 aromatic rings. The van der Waals surface area contributed by atoms with E-state index < -0.39 is 8.32 Å². The first-order valence-electron chi connectivity index (χ1n) is 9.28. The van der Waals surface area contributed by atoms with Crippen LogP contribution in [0.15, 0.2) is 30.3 Å². The van der Waals surface area contributed by atoms with Gasteiger partial charge < -0.3 is 14.1 Å². The molecule has 0 radical (unpaired) electrons. The molecule has 1 aliphatic rings. The van der Waals surface area contributed by atoms with Crippen LogP contribution in [0.4, 0.5) is 4.79 Å². The number of ether oxygens (including phenoxy) is 1. The molecular weight excluding hydrogens is 330 g/mol. The minimum atomic E-state index is -1.73. The predicted octanol–water partition coefficient (Wildman–Crippen LogP) is 5.06. The van der Waals surface area contributed by atoms with E-state index in [4.69, 9.17) is 9.16 Å². The Bertz CT molecular complexity index is 554. The Morgan fingerprint density at radius 1 is 1.24 bits per heavy atom. The van der Waals surface area contributed by atoms with Gasteiger partial charge in [0.2, 0.25) is 0 Å². The van der Waals surface area contributed by atoms with E-state index in [1.165, 1.54) is 0 Å². The van der Waals surface area contributed by atoms with E-state index >= 15 is 0 Å². The van der Waals surface area contributed by atoms with Crippen molar-refractivity contribution in [2.24, 2.45) is 5.92 Å². The molecule has 1 aromatic carbocycles. The summed E-state index contributed by atoms with van der Waals surface area (Å²) in [7, 11) is -1.73. The number of benzene rings is 1. The van der Waals surface area contributed by atoms with Crippen LogP contribution in [-0.4, -0.2) is 39.0 Å². The molecular formula is C20H33NO3Si. The van der Waals surface area contributed by atoms with Crippen LogP contribution in [-0.2, 0) is 15.8 Å². The Hall–Kier alpha value is -1.33. The van der Waals surface area contributed by atoms with Crippen molar-refractivity contribution in [1.29, 1.82) is 0 Å². The summed E-state index contributed by atoms with van der Waals surface area (Å²) < 4.78 is 11.8. The van der Waals surface area contributed by atoms with Gasteiger partial charge >= 0.3 is 6.09 Å². The lowest BCUT2D eigenvalue weighted by atomic mass is 10.00. The van der Waals surface area contributed by atoms with Gasteiger partial charge in [0.25, 0.3) is 0 Å². The summed E-state index contributed by atoms with van der Waals surface area (Å²) in [6.07, 6.45) is 1.93. The second-order valence-electron chi connectivity index (χ2n) is 8.57. The van der Waals surface area contributed by atoms with Gasteiger partial charge in [-0.1, -0.05) is 51.1 Å². The van der Waals surface area contributed by atoms with Crippen molar-refractivity contribution in [2.75, 3.05) is 19.7 Å². The van der Waals surface area contributed by atoms with E-state index in [0.717, 1.165) is 38.1 Å². The van der Waals surface area contributed by atoms with Crippen molar-refractivity contribution in [3.63, 3.8) is 0 Å². The molecule has 0 saturated carbocycles. The Labute approximate surface area is 153 Å². The molecule has 1 saturated heterocycles. The first-order chi connectivity index (χ1) is 11.7. The predicted molar refractivity (Wildman–Crippen MR) is 104 cm³/mol. The number of hydrogen-bond donors (Lipinski definition) is 0. The number of hydrogen-bond acceptors (Lipinski definition) is 3. The number of likely N-dealkylation sites (tertiary alicyclic amines) is 1. The molecule has 4 nitrogen and oxygen atoms in total. The SMILES string of the molecule is CC(C)(C)[Si](C)(C)OCC1CCCN(C(=O)OCc2ccccc2)C1. The summed E-state index contributed by atoms with van der Waals surface area (Å²) in [5, 5.41) is 0.218. The highest BCUT2D eigenvalue weighted by Gasteiger charge is 2.38. The Morgan fingerprint density at radius 3 is 2.56 bits per heavy atom. The Kier molecular flexibility index (Phi) is 6.69. The van der Waals surface area contributed by atoms with E-state index in [2.05, 4.69) is 33.9 Å². The molecule has 2 rings (SSSR count). The highest BCUT2D eigenvalue weighted by molar-refractivity contribution is 6.74. The van der Waals surface area contributed by atoms with Crippen LogP contribution in [0, 0.1) is 5.92 Å². The van der Waals surface area contributed by atoms with Crippen molar-refractivity contribution >= 4 is 14.4 Å². The maximum absolute atomic E-state index is 12.3. The lowest BCUT2D eigenvalue weighted by Crippen LogP contribution is -2.45. The minimum absolute atomic E-state index is 0.208. The fourth-order valence-electron chi connectivity index (χ4n) is 2.72. The molecule has 1 heterocycles. The molecule has 5 heteroatoms. The van der Waals surface area contributed by atoms with Gasteiger partial charge in [-0.2, -0.15) is 0 Å². The third-order valence-electron chi connectivity index (χ3n) is 5.47. The average Bonchev–Trinajstić information content (AvgIpc) is 2.58. The Balaban J connectivity index is 1.80. The maximum atomic E-state index is 12.3. The number of amides is 1. The highest BCUT2D eigenvalue weighted by atomic mass is 28.4. The van der Waals surface area contributed by atoms with Crippen molar-refractivity contribution < 1.29 is 14.0 Å². The molecule has 1 amide bonds. The largest absolute Gasteiger partial charge is 0.445 e. The van der Waals surface area contributed by atoms with Crippen LogP contribution in [0.1, 0.15) is 39.2 Å². The molecule has 1 aliphatic heterocycles. The quantitative estimate of drug-likeness (QED) is 0.687. The zero-order chi connectivity index (χ0) is 18.5. The smallest absolute Gasteiger partial charge is 0.410 e. The van der Waals surface area contributed by atoms with E-state index in [1.54, 1.807) is 0 Å². The summed E-state index contributed by atoms with van der Waals surface area (Å²) in [5.41, 5.74) is 1.02. The first kappa shape index (κ1) is 20.0. The van der Waals surface area contributed by atoms with Crippen molar-refractivity contribution in [3.8, 4) is 0 Å². The van der Waals surface area contributed by atoms with E-state index in [0.29, 0.717) is 12.5 Å². The molecule has 0 aliphatic carbocycles. The van der Waals surface area contributed by atoms with Crippen LogP contribution in [0.5, 0.6) is 0 Å². The highest BCUT2D eigenvalue weighted by Crippen LogP contribution is 2.37. The fraction of sp³-hybridized carbons (Fsp3) is 0.650. The van der Waals surface area contributed by atoms with Gasteiger partial charge in [0.05, 0.1) is 0 Å². The third kappa shape index (κ3) is 5.85. The lowest BCUT2D eigenvalue weighted by Gasteiger charge is -2.39. The van der Waals surface area contributed by atoms with E-state index in [1.807, 2.05) is 35.2 Å². The number of carbonyl (C=O) groups is 1. The molecule has 0 spiro atoms. The van der Waals surface area contributed by atoms with Gasteiger partial charge in [-0.3, -0.25) is 0 Å². The molecule has 0 bridgehead atoms. The first-order valence-corrected chi connectivity index (χ1v) is 12.2. The number of piperidine rings is 1. The molecule has 140 valence electrons. The van der Waals surface area contributed by atoms with Gasteiger partial charge in [-0.15, -0.1) is 0 Å². The van der Waals surface area contributed by atoms with Gasteiger partial charge in [0.15, 0.2) is 8.32 Å².